The summed E-state index contributed by atoms with van der Waals surface area (Å²) in [5.41, 5.74) is 0.951. The maximum atomic E-state index is 12.0. The molecule has 1 aliphatic rings. The first kappa shape index (κ1) is 17.9. The number of nitrogens with zero attached hydrogens (tertiary/aromatic N) is 2. The second-order valence-electron chi connectivity index (χ2n) is 5.58. The molecule has 2 unspecified atom stereocenters. The SMILES string of the molecule is CC1NCCCC1NC(=O)CCc1nc(-c2ccsc2)no1.Cl. The highest BCUT2D eigenvalue weighted by atomic mass is 35.5. The molecule has 2 aromatic rings. The molecule has 1 aliphatic heterocycles. The molecule has 3 rings (SSSR count). The average Bonchev–Trinajstić information content (AvgIpc) is 3.18. The first-order valence-electron chi connectivity index (χ1n) is 7.60. The lowest BCUT2D eigenvalue weighted by Gasteiger charge is -2.30. The molecule has 1 amide bonds. The van der Waals surface area contributed by atoms with Crippen LogP contribution in [-0.2, 0) is 11.2 Å². The summed E-state index contributed by atoms with van der Waals surface area (Å²) in [4.78, 5) is 16.4. The Balaban J connectivity index is 0.00000192. The second kappa shape index (κ2) is 8.42. The molecule has 1 fully saturated rings. The van der Waals surface area contributed by atoms with Crippen LogP contribution in [0, 0.1) is 0 Å². The Morgan fingerprint density at radius 3 is 3.17 bits per heavy atom. The zero-order chi connectivity index (χ0) is 15.4. The van der Waals surface area contributed by atoms with Crippen LogP contribution in [0.4, 0.5) is 0 Å². The van der Waals surface area contributed by atoms with Gasteiger partial charge in [-0.3, -0.25) is 4.79 Å². The van der Waals surface area contributed by atoms with Gasteiger partial charge in [-0.25, -0.2) is 0 Å². The molecule has 126 valence electrons. The van der Waals surface area contributed by atoms with Gasteiger partial charge in [-0.15, -0.1) is 12.4 Å². The summed E-state index contributed by atoms with van der Waals surface area (Å²) in [6.07, 6.45) is 2.97. The Bertz CT molecular complexity index is 617. The molecule has 3 heterocycles. The summed E-state index contributed by atoms with van der Waals surface area (Å²) in [5, 5.41) is 14.3. The van der Waals surface area contributed by atoms with E-state index in [1.807, 2.05) is 16.8 Å². The first-order chi connectivity index (χ1) is 10.7. The number of amides is 1. The summed E-state index contributed by atoms with van der Waals surface area (Å²) >= 11 is 1.59. The van der Waals surface area contributed by atoms with E-state index in [-0.39, 0.29) is 24.4 Å². The van der Waals surface area contributed by atoms with E-state index in [4.69, 9.17) is 4.52 Å². The maximum Gasteiger partial charge on any atom is 0.227 e. The highest BCUT2D eigenvalue weighted by molar-refractivity contribution is 7.08. The van der Waals surface area contributed by atoms with Crippen molar-refractivity contribution in [3.8, 4) is 11.4 Å². The van der Waals surface area contributed by atoms with E-state index in [0.717, 1.165) is 24.9 Å². The van der Waals surface area contributed by atoms with Gasteiger partial charge in [0, 0.05) is 35.9 Å². The van der Waals surface area contributed by atoms with Gasteiger partial charge in [0.25, 0.3) is 0 Å². The van der Waals surface area contributed by atoms with Gasteiger partial charge in [-0.1, -0.05) is 5.16 Å². The monoisotopic (exact) mass is 356 g/mol. The maximum absolute atomic E-state index is 12.0. The fraction of sp³-hybridized carbons (Fsp3) is 0.533. The lowest BCUT2D eigenvalue weighted by Crippen LogP contribution is -2.51. The third-order valence-corrected chi connectivity index (χ3v) is 4.60. The number of carbonyl (C=O) groups is 1. The lowest BCUT2D eigenvalue weighted by atomic mass is 10.00. The van der Waals surface area contributed by atoms with Crippen molar-refractivity contribution in [2.24, 2.45) is 0 Å². The normalized spacial score (nSPS) is 20.7. The van der Waals surface area contributed by atoms with Crippen LogP contribution in [0.15, 0.2) is 21.3 Å². The van der Waals surface area contributed by atoms with Crippen LogP contribution in [0.3, 0.4) is 0 Å². The number of hydrogen-bond donors (Lipinski definition) is 2. The van der Waals surface area contributed by atoms with E-state index in [1.165, 1.54) is 0 Å². The van der Waals surface area contributed by atoms with E-state index in [9.17, 15) is 4.79 Å². The Hall–Kier alpha value is -1.44. The molecule has 2 atom stereocenters. The minimum Gasteiger partial charge on any atom is -0.352 e. The number of halogens is 1. The molecule has 0 aliphatic carbocycles. The predicted octanol–water partition coefficient (Wildman–Crippen LogP) is 2.41. The van der Waals surface area contributed by atoms with Crippen LogP contribution in [0.1, 0.15) is 32.1 Å². The lowest BCUT2D eigenvalue weighted by molar-refractivity contribution is -0.122. The molecule has 8 heteroatoms. The van der Waals surface area contributed by atoms with Crippen molar-refractivity contribution >= 4 is 29.7 Å². The number of aromatic nitrogens is 2. The molecule has 23 heavy (non-hydrogen) atoms. The Morgan fingerprint density at radius 2 is 2.43 bits per heavy atom. The standard InChI is InChI=1S/C15H20N4O2S.ClH/c1-10-12(3-2-7-16-10)17-13(20)4-5-14-18-15(19-21-14)11-6-8-22-9-11;/h6,8-10,12,16H,2-5,7H2,1H3,(H,17,20);1H. The number of rotatable bonds is 5. The van der Waals surface area contributed by atoms with Gasteiger partial charge in [-0.05, 0) is 37.8 Å². The average molecular weight is 357 g/mol. The minimum atomic E-state index is 0. The Labute approximate surface area is 145 Å². The smallest absolute Gasteiger partial charge is 0.227 e. The van der Waals surface area contributed by atoms with E-state index in [0.29, 0.717) is 30.6 Å². The molecule has 0 spiro atoms. The number of aryl methyl sites for hydroxylation is 1. The highest BCUT2D eigenvalue weighted by Gasteiger charge is 2.22. The molecule has 2 N–H and O–H groups in total. The number of hydrogen-bond acceptors (Lipinski definition) is 6. The van der Waals surface area contributed by atoms with Crippen LogP contribution >= 0.6 is 23.7 Å². The molecule has 0 saturated carbocycles. The fourth-order valence-corrected chi connectivity index (χ4v) is 3.24. The largest absolute Gasteiger partial charge is 0.352 e. The van der Waals surface area contributed by atoms with Gasteiger partial charge < -0.3 is 15.2 Å². The topological polar surface area (TPSA) is 80.0 Å². The Kier molecular flexibility index (Phi) is 6.56. The molecule has 0 bridgehead atoms. The number of piperidine rings is 1. The second-order valence-corrected chi connectivity index (χ2v) is 6.36. The minimum absolute atomic E-state index is 0. The number of nitrogens with one attached hydrogen (secondary N) is 2. The van der Waals surface area contributed by atoms with Gasteiger partial charge in [0.1, 0.15) is 0 Å². The van der Waals surface area contributed by atoms with Crippen molar-refractivity contribution in [1.82, 2.24) is 20.8 Å². The van der Waals surface area contributed by atoms with Gasteiger partial charge in [-0.2, -0.15) is 16.3 Å². The third-order valence-electron chi connectivity index (χ3n) is 3.92. The van der Waals surface area contributed by atoms with E-state index >= 15 is 0 Å². The number of thiophene rings is 1. The summed E-state index contributed by atoms with van der Waals surface area (Å²) in [6, 6.07) is 2.49. The van der Waals surface area contributed by atoms with Crippen LogP contribution in [0.2, 0.25) is 0 Å². The number of carbonyl (C=O) groups excluding carboxylic acids is 1. The zero-order valence-electron chi connectivity index (χ0n) is 12.9. The van der Waals surface area contributed by atoms with Crippen LogP contribution in [-0.4, -0.2) is 34.7 Å². The molecular weight excluding hydrogens is 336 g/mol. The van der Waals surface area contributed by atoms with Crippen LogP contribution in [0.5, 0.6) is 0 Å². The summed E-state index contributed by atoms with van der Waals surface area (Å²) in [5.74, 6) is 1.13. The quantitative estimate of drug-likeness (QED) is 0.859. The summed E-state index contributed by atoms with van der Waals surface area (Å²) < 4.78 is 5.20. The highest BCUT2D eigenvalue weighted by Crippen LogP contribution is 2.19. The van der Waals surface area contributed by atoms with E-state index < -0.39 is 0 Å². The molecule has 6 nitrogen and oxygen atoms in total. The Morgan fingerprint density at radius 1 is 1.57 bits per heavy atom. The molecule has 2 aromatic heterocycles. The van der Waals surface area contributed by atoms with Gasteiger partial charge in [0.15, 0.2) is 0 Å². The van der Waals surface area contributed by atoms with Crippen molar-refractivity contribution in [3.63, 3.8) is 0 Å². The van der Waals surface area contributed by atoms with E-state index in [2.05, 4.69) is 27.7 Å². The van der Waals surface area contributed by atoms with Crippen molar-refractivity contribution in [2.75, 3.05) is 6.54 Å². The molecule has 0 aromatic carbocycles. The summed E-state index contributed by atoms with van der Waals surface area (Å²) in [6.45, 7) is 3.14. The zero-order valence-corrected chi connectivity index (χ0v) is 14.6. The van der Waals surface area contributed by atoms with Gasteiger partial charge in [0.2, 0.25) is 17.6 Å². The van der Waals surface area contributed by atoms with E-state index in [1.54, 1.807) is 11.3 Å². The molecule has 0 radical (unpaired) electrons. The van der Waals surface area contributed by atoms with Crippen LogP contribution < -0.4 is 10.6 Å². The van der Waals surface area contributed by atoms with Crippen molar-refractivity contribution in [1.29, 1.82) is 0 Å². The predicted molar refractivity (Wildman–Crippen MR) is 91.8 cm³/mol. The van der Waals surface area contributed by atoms with Gasteiger partial charge in [0.05, 0.1) is 0 Å². The molecule has 1 saturated heterocycles. The van der Waals surface area contributed by atoms with Gasteiger partial charge >= 0.3 is 0 Å². The summed E-state index contributed by atoms with van der Waals surface area (Å²) in [7, 11) is 0. The third kappa shape index (κ3) is 4.76. The van der Waals surface area contributed by atoms with Crippen molar-refractivity contribution < 1.29 is 9.32 Å². The first-order valence-corrected chi connectivity index (χ1v) is 8.54. The van der Waals surface area contributed by atoms with Crippen molar-refractivity contribution in [3.05, 3.63) is 22.7 Å². The molecular formula is C15H21ClN4O2S. The fourth-order valence-electron chi connectivity index (χ4n) is 2.61. The van der Waals surface area contributed by atoms with Crippen molar-refractivity contribution in [2.45, 2.75) is 44.7 Å². The van der Waals surface area contributed by atoms with Crippen LogP contribution in [0.25, 0.3) is 11.4 Å².